The quantitative estimate of drug-likeness (QED) is 0.302. The highest BCUT2D eigenvalue weighted by molar-refractivity contribution is 6.67. The van der Waals surface area contributed by atoms with Crippen LogP contribution in [0.15, 0.2) is 91.5 Å². The summed E-state index contributed by atoms with van der Waals surface area (Å²) in [6.07, 6.45) is 4.51. The Balaban J connectivity index is 0.000000249. The third-order valence-electron chi connectivity index (χ3n) is 4.08. The minimum Gasteiger partial charge on any atom is -0.504 e. The van der Waals surface area contributed by atoms with Crippen molar-refractivity contribution in [2.75, 3.05) is 7.11 Å². The largest absolute Gasteiger partial charge is 0.504 e. The number of hydrogen-bond donors (Lipinski definition) is 3. The molecule has 0 aliphatic carbocycles. The molecule has 0 saturated heterocycles. The van der Waals surface area contributed by atoms with Crippen LogP contribution in [-0.2, 0) is 6.42 Å². The lowest BCUT2D eigenvalue weighted by Crippen LogP contribution is -2.29. The molecule has 0 atom stereocenters. The molecule has 0 spiro atoms. The molecule has 3 aromatic rings. The summed E-state index contributed by atoms with van der Waals surface area (Å²) in [5.41, 5.74) is 11.4. The van der Waals surface area contributed by atoms with E-state index in [0.29, 0.717) is 5.75 Å². The summed E-state index contributed by atoms with van der Waals surface area (Å²) in [5.74, 6) is 0.680. The third-order valence-corrected chi connectivity index (χ3v) is 5.33. The van der Waals surface area contributed by atoms with Gasteiger partial charge in [0, 0.05) is 0 Å². The van der Waals surface area contributed by atoms with Crippen molar-refractivity contribution in [1.29, 1.82) is 0 Å². The Labute approximate surface area is 189 Å². The fourth-order valence-corrected chi connectivity index (χ4v) is 3.61. The van der Waals surface area contributed by atoms with Gasteiger partial charge in [-0.1, -0.05) is 96.5 Å². The van der Waals surface area contributed by atoms with Gasteiger partial charge in [0.05, 0.1) is 13.3 Å². The smallest absolute Gasteiger partial charge is 0.160 e. The number of rotatable bonds is 7. The lowest BCUT2D eigenvalue weighted by molar-refractivity contribution is 0.373. The van der Waals surface area contributed by atoms with Crippen LogP contribution in [0.1, 0.15) is 25.3 Å². The molecular formula is C26H34N2O2Si. The van der Waals surface area contributed by atoms with Crippen LogP contribution < -0.4 is 26.6 Å². The average Bonchev–Trinajstić information content (AvgIpc) is 2.77. The first kappa shape index (κ1) is 26.2. The monoisotopic (exact) mass is 434 g/mol. The van der Waals surface area contributed by atoms with Gasteiger partial charge in [-0.3, -0.25) is 0 Å². The molecule has 4 nitrogen and oxygen atoms in total. The minimum atomic E-state index is -0.102. The first-order chi connectivity index (χ1) is 15.0. The molecule has 0 aliphatic heterocycles. The Hall–Kier alpha value is -2.86. The molecule has 31 heavy (non-hydrogen) atoms. The van der Waals surface area contributed by atoms with Crippen LogP contribution in [0.5, 0.6) is 11.5 Å². The number of phenolic OH excluding ortho intramolecular Hbond substituents is 1. The van der Waals surface area contributed by atoms with Gasteiger partial charge in [0.2, 0.25) is 0 Å². The van der Waals surface area contributed by atoms with Crippen molar-refractivity contribution in [3.05, 3.63) is 97.1 Å². The number of ether oxygens (including phenoxy) is 1. The van der Waals surface area contributed by atoms with Crippen LogP contribution in [0.25, 0.3) is 0 Å². The predicted molar refractivity (Wildman–Crippen MR) is 134 cm³/mol. The van der Waals surface area contributed by atoms with Crippen molar-refractivity contribution in [2.24, 2.45) is 11.5 Å². The summed E-state index contributed by atoms with van der Waals surface area (Å²) in [7, 11) is 2.31. The standard InChI is InChI=1S/C12H10Si.C10H12O2.C4H12N2/c1-3-7-11(8-4-1)13-12-9-5-2-6-10-12;1-3-4-8-5-6-9(11)10(7-8)12-2;1-2-3-4(5)6/h1-10H;3,5-7,11H,1,4H2,2H3;4H,2-3,5-6H2,1H3. The molecular weight excluding hydrogens is 400 g/mol. The number of methoxy groups -OCH3 is 1. The minimum absolute atomic E-state index is 0.102. The average molecular weight is 435 g/mol. The van der Waals surface area contributed by atoms with E-state index < -0.39 is 0 Å². The maximum Gasteiger partial charge on any atom is 0.160 e. The topological polar surface area (TPSA) is 81.5 Å². The molecule has 0 bridgehead atoms. The number of nitrogens with two attached hydrogens (primary N) is 2. The summed E-state index contributed by atoms with van der Waals surface area (Å²) in [6, 6.07) is 26.4. The van der Waals surface area contributed by atoms with E-state index in [0.717, 1.165) is 34.3 Å². The van der Waals surface area contributed by atoms with Crippen LogP contribution >= 0.6 is 0 Å². The molecule has 164 valence electrons. The van der Waals surface area contributed by atoms with Crippen LogP contribution in [0.2, 0.25) is 0 Å². The molecule has 3 rings (SSSR count). The van der Waals surface area contributed by atoms with E-state index in [4.69, 9.17) is 16.2 Å². The van der Waals surface area contributed by atoms with E-state index in [-0.39, 0.29) is 11.9 Å². The van der Waals surface area contributed by atoms with E-state index >= 15 is 0 Å². The highest BCUT2D eigenvalue weighted by Crippen LogP contribution is 2.26. The molecule has 0 fully saturated rings. The fourth-order valence-electron chi connectivity index (χ4n) is 2.56. The Morgan fingerprint density at radius 1 is 0.968 bits per heavy atom. The molecule has 2 radical (unpaired) electrons. The predicted octanol–water partition coefficient (Wildman–Crippen LogP) is 3.50. The van der Waals surface area contributed by atoms with E-state index in [1.807, 2.05) is 12.1 Å². The van der Waals surface area contributed by atoms with E-state index in [1.165, 1.54) is 17.5 Å². The van der Waals surface area contributed by atoms with Gasteiger partial charge in [0.15, 0.2) is 11.5 Å². The highest BCUT2D eigenvalue weighted by Gasteiger charge is 2.00. The maximum absolute atomic E-state index is 9.25. The van der Waals surface area contributed by atoms with Crippen molar-refractivity contribution in [3.8, 4) is 11.5 Å². The van der Waals surface area contributed by atoms with Gasteiger partial charge < -0.3 is 21.3 Å². The maximum atomic E-state index is 9.25. The third kappa shape index (κ3) is 11.8. The Bertz CT molecular complexity index is 818. The Morgan fingerprint density at radius 3 is 1.90 bits per heavy atom. The summed E-state index contributed by atoms with van der Waals surface area (Å²) in [4.78, 5) is 0. The van der Waals surface area contributed by atoms with Crippen LogP contribution in [0, 0.1) is 0 Å². The molecule has 0 aliphatic rings. The number of aromatic hydroxyl groups is 1. The molecule has 0 heterocycles. The first-order valence-corrected chi connectivity index (χ1v) is 11.3. The van der Waals surface area contributed by atoms with Gasteiger partial charge in [-0.25, -0.2) is 0 Å². The van der Waals surface area contributed by atoms with Crippen molar-refractivity contribution in [1.82, 2.24) is 0 Å². The number of phenols is 1. The second-order valence-corrected chi connectivity index (χ2v) is 8.21. The highest BCUT2D eigenvalue weighted by atomic mass is 28.2. The summed E-state index contributed by atoms with van der Waals surface area (Å²) in [5, 5.41) is 12.0. The van der Waals surface area contributed by atoms with Crippen molar-refractivity contribution < 1.29 is 9.84 Å². The molecule has 0 amide bonds. The van der Waals surface area contributed by atoms with Crippen LogP contribution in [0.4, 0.5) is 0 Å². The van der Waals surface area contributed by atoms with Gasteiger partial charge in [-0.2, -0.15) is 0 Å². The fraction of sp³-hybridized carbons (Fsp3) is 0.231. The second kappa shape index (κ2) is 15.9. The molecule has 3 aromatic carbocycles. The molecule has 5 N–H and O–H groups in total. The molecule has 0 aromatic heterocycles. The molecule has 5 heteroatoms. The van der Waals surface area contributed by atoms with Gasteiger partial charge >= 0.3 is 0 Å². The normalized spacial score (nSPS) is 9.71. The number of hydrogen-bond acceptors (Lipinski definition) is 4. The zero-order chi connectivity index (χ0) is 22.9. The van der Waals surface area contributed by atoms with Gasteiger partial charge in [-0.05, 0) is 30.5 Å². The lowest BCUT2D eigenvalue weighted by Gasteiger charge is -2.04. The first-order valence-electron chi connectivity index (χ1n) is 10.3. The van der Waals surface area contributed by atoms with E-state index in [9.17, 15) is 5.11 Å². The summed E-state index contributed by atoms with van der Waals surface area (Å²) in [6.45, 7) is 5.69. The Morgan fingerprint density at radius 2 is 1.52 bits per heavy atom. The summed E-state index contributed by atoms with van der Waals surface area (Å²) < 4.78 is 4.95. The van der Waals surface area contributed by atoms with Crippen LogP contribution in [-0.4, -0.2) is 27.9 Å². The number of allylic oxidation sites excluding steroid dienone is 1. The zero-order valence-corrected chi connectivity index (χ0v) is 19.5. The lowest BCUT2D eigenvalue weighted by atomic mass is 10.1. The van der Waals surface area contributed by atoms with Crippen molar-refractivity contribution in [3.63, 3.8) is 0 Å². The van der Waals surface area contributed by atoms with E-state index in [1.54, 1.807) is 12.1 Å². The van der Waals surface area contributed by atoms with Gasteiger partial charge in [0.1, 0.15) is 9.52 Å². The number of benzene rings is 3. The molecule has 0 saturated carbocycles. The van der Waals surface area contributed by atoms with Gasteiger partial charge in [0.25, 0.3) is 0 Å². The van der Waals surface area contributed by atoms with E-state index in [2.05, 4.69) is 74.2 Å². The Kier molecular flexibility index (Phi) is 13.4. The van der Waals surface area contributed by atoms with Gasteiger partial charge in [-0.15, -0.1) is 6.58 Å². The van der Waals surface area contributed by atoms with Crippen molar-refractivity contribution in [2.45, 2.75) is 32.4 Å². The van der Waals surface area contributed by atoms with Crippen molar-refractivity contribution >= 4 is 19.9 Å². The SMILES string of the molecule is C=CCc1ccc(O)c(OC)c1.CCCC(N)N.c1ccc([Si]c2ccccc2)cc1. The second-order valence-electron chi connectivity index (χ2n) is 6.81. The zero-order valence-electron chi connectivity index (χ0n) is 18.5. The van der Waals surface area contributed by atoms with Crippen LogP contribution in [0.3, 0.4) is 0 Å². The summed E-state index contributed by atoms with van der Waals surface area (Å²) >= 11 is 0. The molecule has 0 unspecified atom stereocenters.